The van der Waals surface area contributed by atoms with Gasteiger partial charge in [-0.3, -0.25) is 0 Å². The van der Waals surface area contributed by atoms with E-state index in [-0.39, 0.29) is 0 Å². The molecule has 0 bridgehead atoms. The van der Waals surface area contributed by atoms with Crippen molar-refractivity contribution in [1.82, 2.24) is 0 Å². The van der Waals surface area contributed by atoms with Crippen molar-refractivity contribution in [2.75, 3.05) is 0 Å². The first-order valence-electron chi connectivity index (χ1n) is 5.14. The lowest BCUT2D eigenvalue weighted by molar-refractivity contribution is 0.324. The van der Waals surface area contributed by atoms with Gasteiger partial charge in [-0.1, -0.05) is 51.5 Å². The lowest BCUT2D eigenvalue weighted by Crippen LogP contribution is -2.19. The molecule has 0 fully saturated rings. The molecule has 1 rings (SSSR count). The summed E-state index contributed by atoms with van der Waals surface area (Å²) in [6.07, 6.45) is 11.7. The Hall–Kier alpha value is -0.520. The van der Waals surface area contributed by atoms with Crippen LogP contribution in [0.1, 0.15) is 33.6 Å². The van der Waals surface area contributed by atoms with Gasteiger partial charge in [0, 0.05) is 0 Å². The Kier molecular flexibility index (Phi) is 3.58. The molecule has 0 heteroatoms. The predicted octanol–water partition coefficient (Wildman–Crippen LogP) is 3.80. The minimum absolute atomic E-state index is 0.782. The summed E-state index contributed by atoms with van der Waals surface area (Å²) in [6.45, 7) is 6.92. The smallest absolute Gasteiger partial charge is 0.0142 e. The summed E-state index contributed by atoms with van der Waals surface area (Å²) in [4.78, 5) is 0. The molecule has 0 aromatic carbocycles. The van der Waals surface area contributed by atoms with Crippen LogP contribution in [0.4, 0.5) is 0 Å². The van der Waals surface area contributed by atoms with Crippen LogP contribution in [-0.2, 0) is 0 Å². The van der Waals surface area contributed by atoms with Crippen LogP contribution < -0.4 is 0 Å². The molecule has 1 aliphatic rings. The molecule has 0 aliphatic heterocycles. The van der Waals surface area contributed by atoms with E-state index in [0.29, 0.717) is 0 Å². The lowest BCUT2D eigenvalue weighted by Gasteiger charge is -2.27. The minimum atomic E-state index is 0.782. The van der Waals surface area contributed by atoms with Crippen LogP contribution in [0.5, 0.6) is 0 Å². The van der Waals surface area contributed by atoms with Gasteiger partial charge in [0.2, 0.25) is 0 Å². The maximum atomic E-state index is 2.38. The van der Waals surface area contributed by atoms with Crippen LogP contribution in [0.15, 0.2) is 24.3 Å². The molecule has 0 radical (unpaired) electrons. The van der Waals surface area contributed by atoms with Gasteiger partial charge in [-0.05, 0) is 24.2 Å². The van der Waals surface area contributed by atoms with Crippen molar-refractivity contribution < 1.29 is 0 Å². The van der Waals surface area contributed by atoms with E-state index in [1.54, 1.807) is 0 Å². The lowest BCUT2D eigenvalue weighted by atomic mass is 9.77. The maximum absolute atomic E-state index is 2.38. The summed E-state index contributed by atoms with van der Waals surface area (Å²) >= 11 is 0. The molecule has 0 nitrogen and oxygen atoms in total. The largest absolute Gasteiger partial charge is 0.0808 e. The van der Waals surface area contributed by atoms with Crippen LogP contribution in [0, 0.1) is 17.8 Å². The third kappa shape index (κ3) is 2.00. The van der Waals surface area contributed by atoms with Crippen molar-refractivity contribution in [3.8, 4) is 0 Å². The van der Waals surface area contributed by atoms with Crippen molar-refractivity contribution in [3.63, 3.8) is 0 Å². The molecule has 0 heterocycles. The highest BCUT2D eigenvalue weighted by Crippen LogP contribution is 2.30. The SMILES string of the molecule is CCC(C)C1C=CC=CC1CC. The Bertz CT molecular complexity index is 176. The predicted molar refractivity (Wildman–Crippen MR) is 55.0 cm³/mol. The standard InChI is InChI=1S/C12H20/c1-4-10(3)12-9-7-6-8-11(12)5-2/h6-12H,4-5H2,1-3H3. The van der Waals surface area contributed by atoms with Gasteiger partial charge in [0.1, 0.15) is 0 Å². The molecule has 1 aliphatic carbocycles. The molecular weight excluding hydrogens is 144 g/mol. The topological polar surface area (TPSA) is 0 Å². The minimum Gasteiger partial charge on any atom is -0.0808 e. The van der Waals surface area contributed by atoms with Crippen molar-refractivity contribution in [3.05, 3.63) is 24.3 Å². The van der Waals surface area contributed by atoms with Gasteiger partial charge in [-0.15, -0.1) is 0 Å². The van der Waals surface area contributed by atoms with Crippen LogP contribution in [0.25, 0.3) is 0 Å². The van der Waals surface area contributed by atoms with Gasteiger partial charge in [0.25, 0.3) is 0 Å². The summed E-state index contributed by atoms with van der Waals surface area (Å²) in [5.41, 5.74) is 0. The van der Waals surface area contributed by atoms with E-state index in [1.165, 1.54) is 12.8 Å². The van der Waals surface area contributed by atoms with Crippen LogP contribution in [0.3, 0.4) is 0 Å². The van der Waals surface area contributed by atoms with E-state index in [1.807, 2.05) is 0 Å². The second kappa shape index (κ2) is 4.49. The fourth-order valence-electron chi connectivity index (χ4n) is 1.96. The summed E-state index contributed by atoms with van der Waals surface area (Å²) in [6, 6.07) is 0. The highest BCUT2D eigenvalue weighted by molar-refractivity contribution is 5.14. The molecular formula is C12H20. The van der Waals surface area contributed by atoms with Crippen LogP contribution in [0.2, 0.25) is 0 Å². The molecule has 0 aromatic rings. The molecule has 3 atom stereocenters. The van der Waals surface area contributed by atoms with Gasteiger partial charge < -0.3 is 0 Å². The Morgan fingerprint density at radius 1 is 1.17 bits per heavy atom. The van der Waals surface area contributed by atoms with Crippen molar-refractivity contribution in [2.24, 2.45) is 17.8 Å². The second-order valence-corrected chi connectivity index (χ2v) is 3.80. The number of allylic oxidation sites excluding steroid dienone is 4. The summed E-state index contributed by atoms with van der Waals surface area (Å²) in [7, 11) is 0. The summed E-state index contributed by atoms with van der Waals surface area (Å²) in [5, 5.41) is 0. The summed E-state index contributed by atoms with van der Waals surface area (Å²) < 4.78 is 0. The highest BCUT2D eigenvalue weighted by atomic mass is 14.3. The van der Waals surface area contributed by atoms with E-state index in [9.17, 15) is 0 Å². The maximum Gasteiger partial charge on any atom is -0.0142 e. The van der Waals surface area contributed by atoms with Crippen molar-refractivity contribution in [2.45, 2.75) is 33.6 Å². The molecule has 3 unspecified atom stereocenters. The zero-order valence-electron chi connectivity index (χ0n) is 8.46. The van der Waals surface area contributed by atoms with E-state index >= 15 is 0 Å². The number of hydrogen-bond acceptors (Lipinski definition) is 0. The second-order valence-electron chi connectivity index (χ2n) is 3.80. The number of rotatable bonds is 3. The van der Waals surface area contributed by atoms with Crippen LogP contribution in [-0.4, -0.2) is 0 Å². The monoisotopic (exact) mass is 164 g/mol. The average molecular weight is 164 g/mol. The van der Waals surface area contributed by atoms with E-state index < -0.39 is 0 Å². The van der Waals surface area contributed by atoms with Gasteiger partial charge in [-0.25, -0.2) is 0 Å². The average Bonchev–Trinajstić information content (AvgIpc) is 2.16. The fourth-order valence-corrected chi connectivity index (χ4v) is 1.96. The Balaban J connectivity index is 2.61. The fraction of sp³-hybridized carbons (Fsp3) is 0.667. The quantitative estimate of drug-likeness (QED) is 0.595. The van der Waals surface area contributed by atoms with Gasteiger partial charge in [0.15, 0.2) is 0 Å². The number of hydrogen-bond donors (Lipinski definition) is 0. The van der Waals surface area contributed by atoms with Gasteiger partial charge in [0.05, 0.1) is 0 Å². The molecule has 0 saturated heterocycles. The molecule has 0 amide bonds. The van der Waals surface area contributed by atoms with E-state index in [0.717, 1.165) is 17.8 Å². The first-order chi connectivity index (χ1) is 5.79. The zero-order valence-corrected chi connectivity index (χ0v) is 8.46. The third-order valence-electron chi connectivity index (χ3n) is 3.07. The molecule has 12 heavy (non-hydrogen) atoms. The Labute approximate surface area is 76.4 Å². The van der Waals surface area contributed by atoms with Crippen LogP contribution >= 0.6 is 0 Å². The van der Waals surface area contributed by atoms with Crippen molar-refractivity contribution in [1.29, 1.82) is 0 Å². The first-order valence-corrected chi connectivity index (χ1v) is 5.14. The third-order valence-corrected chi connectivity index (χ3v) is 3.07. The Morgan fingerprint density at radius 2 is 1.83 bits per heavy atom. The molecule has 0 spiro atoms. The summed E-state index contributed by atoms with van der Waals surface area (Å²) in [5.74, 6) is 2.39. The molecule has 0 N–H and O–H groups in total. The molecule has 0 saturated carbocycles. The molecule has 0 aromatic heterocycles. The molecule has 68 valence electrons. The Morgan fingerprint density at radius 3 is 2.42 bits per heavy atom. The first kappa shape index (κ1) is 9.57. The highest BCUT2D eigenvalue weighted by Gasteiger charge is 2.21. The van der Waals surface area contributed by atoms with E-state index in [4.69, 9.17) is 0 Å². The van der Waals surface area contributed by atoms with Crippen molar-refractivity contribution >= 4 is 0 Å². The van der Waals surface area contributed by atoms with E-state index in [2.05, 4.69) is 45.1 Å². The van der Waals surface area contributed by atoms with Gasteiger partial charge >= 0.3 is 0 Å². The normalized spacial score (nSPS) is 30.6. The zero-order chi connectivity index (χ0) is 8.97. The van der Waals surface area contributed by atoms with Gasteiger partial charge in [-0.2, -0.15) is 0 Å².